The van der Waals surface area contributed by atoms with Gasteiger partial charge in [0.15, 0.2) is 0 Å². The quantitative estimate of drug-likeness (QED) is 0.0247. The largest absolute Gasteiger partial charge is 0.472 e. The van der Waals surface area contributed by atoms with E-state index in [2.05, 4.69) is 92.1 Å². The number of amides is 1. The fraction of sp³-hybridized carbons (Fsp3) is 0.723. The van der Waals surface area contributed by atoms with E-state index in [0.29, 0.717) is 23.9 Å². The van der Waals surface area contributed by atoms with Gasteiger partial charge in [-0.15, -0.1) is 0 Å². The standard InChI is InChI=1S/C47H85N2O6P/c1-6-8-10-12-14-15-16-17-18-19-20-21-22-23-24-25-26-27-28-29-30-31-32-33-35-37-39-41-47(51)48-45(46(50)40-38-36-34-13-11-9-7-2)44-55-56(52,53)54-43-42-49(3,4)5/h8,10,14-15,17-18,20-21,23-24,26-27,45-46,50H,6-7,9,11-13,16,19,22,25,28-44H2,1-5H3,(H-,48,51,52,53)/p+1/b10-8-,15-14-,18-17-,21-20-,24-23-,27-26-. The lowest BCUT2D eigenvalue weighted by atomic mass is 10.0. The molecule has 324 valence electrons. The lowest BCUT2D eigenvalue weighted by Gasteiger charge is -2.26. The summed E-state index contributed by atoms with van der Waals surface area (Å²) < 4.78 is 23.5. The van der Waals surface area contributed by atoms with E-state index < -0.39 is 20.0 Å². The molecule has 0 saturated heterocycles. The van der Waals surface area contributed by atoms with Crippen molar-refractivity contribution in [2.24, 2.45) is 0 Å². The summed E-state index contributed by atoms with van der Waals surface area (Å²) in [5, 5.41) is 13.8. The minimum Gasteiger partial charge on any atom is -0.391 e. The Morgan fingerprint density at radius 3 is 1.57 bits per heavy atom. The van der Waals surface area contributed by atoms with Crippen molar-refractivity contribution in [3.8, 4) is 0 Å². The summed E-state index contributed by atoms with van der Waals surface area (Å²) in [4.78, 5) is 23.0. The van der Waals surface area contributed by atoms with Gasteiger partial charge in [-0.05, 0) is 64.2 Å². The van der Waals surface area contributed by atoms with Crippen LogP contribution in [0, 0.1) is 0 Å². The van der Waals surface area contributed by atoms with E-state index in [-0.39, 0.29) is 19.1 Å². The third-order valence-electron chi connectivity index (χ3n) is 9.47. The van der Waals surface area contributed by atoms with Gasteiger partial charge in [-0.25, -0.2) is 4.57 Å². The van der Waals surface area contributed by atoms with Crippen molar-refractivity contribution in [3.05, 3.63) is 72.9 Å². The molecule has 56 heavy (non-hydrogen) atoms. The number of likely N-dealkylation sites (N-methyl/N-ethyl adjacent to an activating group) is 1. The molecule has 0 heterocycles. The van der Waals surface area contributed by atoms with Crippen molar-refractivity contribution < 1.29 is 32.9 Å². The summed E-state index contributed by atoms with van der Waals surface area (Å²) >= 11 is 0. The van der Waals surface area contributed by atoms with Crippen LogP contribution in [0.2, 0.25) is 0 Å². The highest BCUT2D eigenvalue weighted by atomic mass is 31.2. The Bertz CT molecular complexity index is 1140. The second-order valence-corrected chi connectivity index (χ2v) is 17.5. The molecule has 3 unspecified atom stereocenters. The number of hydrogen-bond acceptors (Lipinski definition) is 5. The first-order valence-electron chi connectivity index (χ1n) is 22.3. The summed E-state index contributed by atoms with van der Waals surface area (Å²) in [6, 6.07) is -0.766. The zero-order chi connectivity index (χ0) is 41.4. The summed E-state index contributed by atoms with van der Waals surface area (Å²) in [5.74, 6) is -0.162. The van der Waals surface area contributed by atoms with Crippen LogP contribution in [0.15, 0.2) is 72.9 Å². The van der Waals surface area contributed by atoms with E-state index in [0.717, 1.165) is 83.5 Å². The van der Waals surface area contributed by atoms with E-state index in [1.165, 1.54) is 57.8 Å². The minimum absolute atomic E-state index is 0.0687. The van der Waals surface area contributed by atoms with Gasteiger partial charge in [0.05, 0.1) is 39.9 Å². The van der Waals surface area contributed by atoms with Gasteiger partial charge < -0.3 is 19.8 Å². The Balaban J connectivity index is 4.15. The molecule has 3 atom stereocenters. The number of nitrogens with zero attached hydrogens (tertiary/aromatic N) is 1. The van der Waals surface area contributed by atoms with Crippen molar-refractivity contribution in [2.75, 3.05) is 40.9 Å². The lowest BCUT2D eigenvalue weighted by Crippen LogP contribution is -2.46. The molecular formula is C47H86N2O6P+. The van der Waals surface area contributed by atoms with Crippen molar-refractivity contribution in [2.45, 2.75) is 180 Å². The maximum Gasteiger partial charge on any atom is 0.472 e. The highest BCUT2D eigenvalue weighted by molar-refractivity contribution is 7.47. The highest BCUT2D eigenvalue weighted by Crippen LogP contribution is 2.43. The van der Waals surface area contributed by atoms with Crippen molar-refractivity contribution in [3.63, 3.8) is 0 Å². The zero-order valence-corrected chi connectivity index (χ0v) is 37.5. The summed E-state index contributed by atoms with van der Waals surface area (Å²) in [6.07, 6.45) is 50.9. The summed E-state index contributed by atoms with van der Waals surface area (Å²) in [5.41, 5.74) is 0. The molecule has 0 aromatic carbocycles. The Morgan fingerprint density at radius 2 is 1.07 bits per heavy atom. The highest BCUT2D eigenvalue weighted by Gasteiger charge is 2.28. The second kappa shape index (κ2) is 38.5. The SMILES string of the molecule is CC/C=C\C/C=C\C/C=C\C/C=C\C/C=C\C/C=C\CCCCCCCCCCC(=O)NC(COP(=O)(O)OCC[N+](C)(C)C)C(O)CCCCCCCCC. The molecule has 9 heteroatoms. The van der Waals surface area contributed by atoms with Crippen molar-refractivity contribution in [1.82, 2.24) is 5.32 Å². The van der Waals surface area contributed by atoms with E-state index in [4.69, 9.17) is 9.05 Å². The van der Waals surface area contributed by atoms with E-state index in [1.54, 1.807) is 0 Å². The number of quaternary nitrogens is 1. The normalized spacial score (nSPS) is 15.1. The predicted octanol–water partition coefficient (Wildman–Crippen LogP) is 12.4. The van der Waals surface area contributed by atoms with Gasteiger partial charge in [0, 0.05) is 6.42 Å². The topological polar surface area (TPSA) is 105 Å². The third-order valence-corrected chi connectivity index (χ3v) is 10.5. The predicted molar refractivity (Wildman–Crippen MR) is 240 cm³/mol. The molecular weight excluding hydrogens is 719 g/mol. The molecule has 0 aliphatic heterocycles. The average molecular weight is 806 g/mol. The number of carbonyl (C=O) groups excluding carboxylic acids is 1. The molecule has 0 bridgehead atoms. The molecule has 0 radical (unpaired) electrons. The number of carbonyl (C=O) groups is 1. The zero-order valence-electron chi connectivity index (χ0n) is 36.6. The van der Waals surface area contributed by atoms with E-state index in [9.17, 15) is 19.4 Å². The Labute approximate surface area is 344 Å². The van der Waals surface area contributed by atoms with Gasteiger partial charge >= 0.3 is 7.82 Å². The van der Waals surface area contributed by atoms with Crippen LogP contribution in [0.4, 0.5) is 0 Å². The smallest absolute Gasteiger partial charge is 0.391 e. The maximum absolute atomic E-state index is 12.8. The molecule has 3 N–H and O–H groups in total. The van der Waals surface area contributed by atoms with Crippen LogP contribution < -0.4 is 5.32 Å². The van der Waals surface area contributed by atoms with Crippen LogP contribution in [0.1, 0.15) is 168 Å². The molecule has 0 fully saturated rings. The third kappa shape index (κ3) is 40.1. The molecule has 0 aliphatic rings. The van der Waals surface area contributed by atoms with Gasteiger partial charge in [-0.1, -0.05) is 170 Å². The van der Waals surface area contributed by atoms with Gasteiger partial charge in [-0.2, -0.15) is 0 Å². The molecule has 0 aliphatic carbocycles. The van der Waals surface area contributed by atoms with E-state index >= 15 is 0 Å². The number of unbranched alkanes of at least 4 members (excludes halogenated alkanes) is 14. The van der Waals surface area contributed by atoms with Crippen molar-refractivity contribution >= 4 is 13.7 Å². The summed E-state index contributed by atoms with van der Waals surface area (Å²) in [7, 11) is 1.59. The Kier molecular flexibility index (Phi) is 37.0. The van der Waals surface area contributed by atoms with Gasteiger partial charge in [0.1, 0.15) is 13.2 Å². The van der Waals surface area contributed by atoms with Crippen LogP contribution in [0.3, 0.4) is 0 Å². The van der Waals surface area contributed by atoms with Gasteiger partial charge in [-0.3, -0.25) is 13.8 Å². The number of allylic oxidation sites excluding steroid dienone is 12. The summed E-state index contributed by atoms with van der Waals surface area (Å²) in [6.45, 7) is 4.69. The number of nitrogens with one attached hydrogen (secondary N) is 1. The van der Waals surface area contributed by atoms with Crippen molar-refractivity contribution in [1.29, 1.82) is 0 Å². The lowest BCUT2D eigenvalue weighted by molar-refractivity contribution is -0.870. The number of aliphatic hydroxyl groups is 1. The molecule has 0 saturated carbocycles. The van der Waals surface area contributed by atoms with Crippen LogP contribution in [0.25, 0.3) is 0 Å². The van der Waals surface area contributed by atoms with Crippen LogP contribution in [0.5, 0.6) is 0 Å². The van der Waals surface area contributed by atoms with Gasteiger partial charge in [0.2, 0.25) is 5.91 Å². The first kappa shape index (κ1) is 53.9. The number of hydrogen-bond donors (Lipinski definition) is 3. The monoisotopic (exact) mass is 806 g/mol. The Morgan fingerprint density at radius 1 is 0.625 bits per heavy atom. The second-order valence-electron chi connectivity index (χ2n) is 16.0. The maximum atomic E-state index is 12.8. The van der Waals surface area contributed by atoms with Crippen LogP contribution in [-0.2, 0) is 18.4 Å². The number of rotatable bonds is 39. The van der Waals surface area contributed by atoms with E-state index in [1.807, 2.05) is 21.1 Å². The fourth-order valence-electron chi connectivity index (χ4n) is 5.93. The fourth-order valence-corrected chi connectivity index (χ4v) is 6.67. The molecule has 0 aromatic heterocycles. The molecule has 8 nitrogen and oxygen atoms in total. The van der Waals surface area contributed by atoms with Crippen LogP contribution in [-0.4, -0.2) is 73.4 Å². The first-order chi connectivity index (χ1) is 27.0. The Hall–Kier alpha value is -2.06. The number of phosphoric acid groups is 1. The average Bonchev–Trinajstić information content (AvgIpc) is 3.15. The number of aliphatic hydroxyl groups excluding tert-OH is 1. The molecule has 0 aromatic rings. The molecule has 1 amide bonds. The molecule has 0 spiro atoms. The first-order valence-corrected chi connectivity index (χ1v) is 23.8. The van der Waals surface area contributed by atoms with Crippen LogP contribution >= 0.6 is 7.82 Å². The molecule has 0 rings (SSSR count). The number of phosphoric ester groups is 1. The minimum atomic E-state index is -4.31. The van der Waals surface area contributed by atoms with Gasteiger partial charge in [0.25, 0.3) is 0 Å².